The highest BCUT2D eigenvalue weighted by molar-refractivity contribution is 6.33. The standard InChI is InChI=1S/C11H14Cl2N4/c1-8(2)7-17(5-3-4-14)9-6-10(12)15-16-11(9)13/h6,8H,3,5,7H2,1-2H3. The maximum atomic E-state index is 8.66. The summed E-state index contributed by atoms with van der Waals surface area (Å²) < 4.78 is 0. The molecule has 0 fully saturated rings. The molecule has 0 amide bonds. The maximum absolute atomic E-state index is 8.66. The van der Waals surface area contributed by atoms with Crippen molar-refractivity contribution < 1.29 is 0 Å². The lowest BCUT2D eigenvalue weighted by molar-refractivity contribution is 0.611. The smallest absolute Gasteiger partial charge is 0.175 e. The van der Waals surface area contributed by atoms with Gasteiger partial charge in [0.25, 0.3) is 0 Å². The van der Waals surface area contributed by atoms with Crippen molar-refractivity contribution in [3.63, 3.8) is 0 Å². The minimum absolute atomic E-state index is 0.301. The summed E-state index contributed by atoms with van der Waals surface area (Å²) in [5.74, 6) is 0.455. The van der Waals surface area contributed by atoms with Crippen LogP contribution < -0.4 is 4.90 Å². The lowest BCUT2D eigenvalue weighted by Crippen LogP contribution is -2.29. The van der Waals surface area contributed by atoms with Gasteiger partial charge in [0, 0.05) is 19.2 Å². The van der Waals surface area contributed by atoms with Crippen molar-refractivity contribution >= 4 is 28.9 Å². The number of hydrogen-bond donors (Lipinski definition) is 0. The predicted octanol–water partition coefficient (Wildman–Crippen LogP) is 3.16. The van der Waals surface area contributed by atoms with Crippen molar-refractivity contribution in [3.05, 3.63) is 16.4 Å². The number of halogens is 2. The molecule has 1 heterocycles. The fourth-order valence-corrected chi connectivity index (χ4v) is 1.85. The van der Waals surface area contributed by atoms with E-state index in [9.17, 15) is 0 Å². The summed E-state index contributed by atoms with van der Waals surface area (Å²) in [5.41, 5.74) is 0.732. The summed E-state index contributed by atoms with van der Waals surface area (Å²) in [6, 6.07) is 3.80. The molecule has 0 spiro atoms. The molecule has 0 radical (unpaired) electrons. The van der Waals surface area contributed by atoms with Gasteiger partial charge >= 0.3 is 0 Å². The van der Waals surface area contributed by atoms with Gasteiger partial charge in [0.1, 0.15) is 0 Å². The van der Waals surface area contributed by atoms with Crippen LogP contribution in [0.1, 0.15) is 20.3 Å². The Kier molecular flexibility index (Phi) is 5.46. The van der Waals surface area contributed by atoms with Gasteiger partial charge in [-0.25, -0.2) is 0 Å². The summed E-state index contributed by atoms with van der Waals surface area (Å²) >= 11 is 11.8. The Balaban J connectivity index is 2.94. The molecule has 0 aromatic carbocycles. The van der Waals surface area contributed by atoms with E-state index >= 15 is 0 Å². The second-order valence-corrected chi connectivity index (χ2v) is 4.84. The molecule has 1 aromatic rings. The molecule has 4 nitrogen and oxygen atoms in total. The van der Waals surface area contributed by atoms with E-state index in [0.29, 0.717) is 29.2 Å². The monoisotopic (exact) mass is 272 g/mol. The van der Waals surface area contributed by atoms with E-state index in [-0.39, 0.29) is 0 Å². The second-order valence-electron chi connectivity index (χ2n) is 4.09. The molecule has 6 heteroatoms. The fraction of sp³-hybridized carbons (Fsp3) is 0.545. The predicted molar refractivity (Wildman–Crippen MR) is 69.3 cm³/mol. The molecular formula is C11H14Cl2N4. The Hall–Kier alpha value is -1.05. The van der Waals surface area contributed by atoms with Crippen molar-refractivity contribution in [1.82, 2.24) is 10.2 Å². The van der Waals surface area contributed by atoms with Gasteiger partial charge in [-0.2, -0.15) is 5.26 Å². The van der Waals surface area contributed by atoms with Crippen molar-refractivity contribution in [1.29, 1.82) is 5.26 Å². The topological polar surface area (TPSA) is 52.8 Å². The van der Waals surface area contributed by atoms with Gasteiger partial charge < -0.3 is 4.90 Å². The molecule has 0 aliphatic heterocycles. The Morgan fingerprint density at radius 1 is 1.41 bits per heavy atom. The molecule has 92 valence electrons. The van der Waals surface area contributed by atoms with E-state index in [4.69, 9.17) is 28.5 Å². The van der Waals surface area contributed by atoms with E-state index in [2.05, 4.69) is 30.1 Å². The van der Waals surface area contributed by atoms with Crippen molar-refractivity contribution in [3.8, 4) is 6.07 Å². The van der Waals surface area contributed by atoms with E-state index in [1.54, 1.807) is 6.07 Å². The largest absolute Gasteiger partial charge is 0.368 e. The third-order valence-electron chi connectivity index (χ3n) is 2.12. The molecule has 0 bridgehead atoms. The molecule has 0 N–H and O–H groups in total. The number of nitriles is 1. The first-order valence-corrected chi connectivity index (χ1v) is 6.10. The van der Waals surface area contributed by atoms with Crippen LogP contribution in [-0.2, 0) is 0 Å². The van der Waals surface area contributed by atoms with Crippen LogP contribution in [0.2, 0.25) is 10.3 Å². The minimum atomic E-state index is 0.301. The molecule has 17 heavy (non-hydrogen) atoms. The Labute approximate surface area is 111 Å². The molecule has 1 aromatic heterocycles. The summed E-state index contributed by atoms with van der Waals surface area (Å²) in [4.78, 5) is 2.01. The molecular weight excluding hydrogens is 259 g/mol. The van der Waals surface area contributed by atoms with Crippen molar-refractivity contribution in [2.45, 2.75) is 20.3 Å². The molecule has 0 aliphatic rings. The van der Waals surface area contributed by atoms with Crippen LogP contribution in [0.3, 0.4) is 0 Å². The molecule has 0 saturated heterocycles. The Bertz CT molecular complexity index is 414. The number of aromatic nitrogens is 2. The van der Waals surface area contributed by atoms with E-state index in [1.165, 1.54) is 0 Å². The van der Waals surface area contributed by atoms with Gasteiger partial charge in [0.2, 0.25) is 0 Å². The first kappa shape index (κ1) is 14.0. The van der Waals surface area contributed by atoms with Gasteiger partial charge in [0.15, 0.2) is 10.3 Å². The Morgan fingerprint density at radius 2 is 2.12 bits per heavy atom. The van der Waals surface area contributed by atoms with Gasteiger partial charge in [-0.15, -0.1) is 10.2 Å². The minimum Gasteiger partial charge on any atom is -0.368 e. The van der Waals surface area contributed by atoms with Gasteiger partial charge in [0.05, 0.1) is 18.2 Å². The third-order valence-corrected chi connectivity index (χ3v) is 2.57. The zero-order valence-corrected chi connectivity index (χ0v) is 11.3. The fourth-order valence-electron chi connectivity index (χ4n) is 1.50. The van der Waals surface area contributed by atoms with Crippen LogP contribution in [0.4, 0.5) is 5.69 Å². The summed E-state index contributed by atoms with van der Waals surface area (Å²) in [6.07, 6.45) is 0.434. The highest BCUT2D eigenvalue weighted by Crippen LogP contribution is 2.26. The van der Waals surface area contributed by atoms with Crippen molar-refractivity contribution in [2.24, 2.45) is 5.92 Å². The number of nitrogens with zero attached hydrogens (tertiary/aromatic N) is 4. The molecule has 0 aliphatic carbocycles. The lowest BCUT2D eigenvalue weighted by Gasteiger charge is -2.26. The zero-order chi connectivity index (χ0) is 12.8. The van der Waals surface area contributed by atoms with E-state index < -0.39 is 0 Å². The lowest BCUT2D eigenvalue weighted by atomic mass is 10.2. The van der Waals surface area contributed by atoms with Crippen molar-refractivity contribution in [2.75, 3.05) is 18.0 Å². The van der Waals surface area contributed by atoms with E-state index in [1.807, 2.05) is 4.90 Å². The summed E-state index contributed by atoms with van der Waals surface area (Å²) in [7, 11) is 0. The zero-order valence-electron chi connectivity index (χ0n) is 9.82. The van der Waals surface area contributed by atoms with Crippen LogP contribution >= 0.6 is 23.2 Å². The van der Waals surface area contributed by atoms with Gasteiger partial charge in [-0.05, 0) is 5.92 Å². The normalized spacial score (nSPS) is 10.4. The maximum Gasteiger partial charge on any atom is 0.175 e. The molecule has 0 unspecified atom stereocenters. The average molecular weight is 273 g/mol. The Morgan fingerprint density at radius 3 is 2.71 bits per heavy atom. The highest BCUT2D eigenvalue weighted by Gasteiger charge is 2.14. The molecule has 0 saturated carbocycles. The van der Waals surface area contributed by atoms with Crippen LogP contribution in [0, 0.1) is 17.2 Å². The first-order valence-electron chi connectivity index (χ1n) is 5.35. The average Bonchev–Trinajstić information content (AvgIpc) is 2.27. The quantitative estimate of drug-likeness (QED) is 0.826. The van der Waals surface area contributed by atoms with Crippen LogP contribution in [0.15, 0.2) is 6.07 Å². The highest BCUT2D eigenvalue weighted by atomic mass is 35.5. The summed E-state index contributed by atoms with van der Waals surface area (Å²) in [5, 5.41) is 16.7. The van der Waals surface area contributed by atoms with E-state index in [0.717, 1.165) is 12.2 Å². The third kappa shape index (κ3) is 4.37. The number of hydrogen-bond acceptors (Lipinski definition) is 4. The summed E-state index contributed by atoms with van der Waals surface area (Å²) in [6.45, 7) is 5.60. The van der Waals surface area contributed by atoms with Crippen LogP contribution in [0.5, 0.6) is 0 Å². The van der Waals surface area contributed by atoms with Crippen LogP contribution in [0.25, 0.3) is 0 Å². The number of rotatable bonds is 5. The second kappa shape index (κ2) is 6.63. The number of anilines is 1. The SMILES string of the molecule is CC(C)CN(CCC#N)c1cc(Cl)nnc1Cl. The molecule has 1 rings (SSSR count). The van der Waals surface area contributed by atoms with Gasteiger partial charge in [-0.3, -0.25) is 0 Å². The van der Waals surface area contributed by atoms with Gasteiger partial charge in [-0.1, -0.05) is 37.0 Å². The van der Waals surface area contributed by atoms with Crippen LogP contribution in [-0.4, -0.2) is 23.3 Å². The molecule has 0 atom stereocenters. The first-order chi connectivity index (χ1) is 8.04.